The molecule has 0 heterocycles. The fourth-order valence-electron chi connectivity index (χ4n) is 0.915. The van der Waals surface area contributed by atoms with Crippen LogP contribution in [0.2, 0.25) is 0 Å². The van der Waals surface area contributed by atoms with Gasteiger partial charge in [0.1, 0.15) is 0 Å². The van der Waals surface area contributed by atoms with Crippen molar-refractivity contribution >= 4 is 17.7 Å². The van der Waals surface area contributed by atoms with Crippen molar-refractivity contribution in [2.75, 3.05) is 6.26 Å². The van der Waals surface area contributed by atoms with Gasteiger partial charge in [0.25, 0.3) is 0 Å². The first-order valence-corrected chi connectivity index (χ1v) is 4.66. The van der Waals surface area contributed by atoms with Gasteiger partial charge in [0, 0.05) is 0 Å². The number of hydrogen-bond acceptors (Lipinski definition) is 2. The monoisotopic (exact) mass is 222 g/mol. The smallest absolute Gasteiger partial charge is 0.338 e. The van der Waals surface area contributed by atoms with Gasteiger partial charge < -0.3 is 5.11 Å². The van der Waals surface area contributed by atoms with Crippen molar-refractivity contribution in [2.45, 2.75) is 4.90 Å². The van der Waals surface area contributed by atoms with E-state index in [0.29, 0.717) is 17.8 Å². The Kier molecular flexibility index (Phi) is 3.05. The summed E-state index contributed by atoms with van der Waals surface area (Å²) in [6.45, 7) is 0. The van der Waals surface area contributed by atoms with Gasteiger partial charge in [-0.3, -0.25) is 0 Å². The molecule has 1 N–H and O–H groups in total. The molecule has 0 atom stereocenters. The Labute approximate surface area is 81.7 Å². The van der Waals surface area contributed by atoms with Crippen LogP contribution in [0.5, 0.6) is 0 Å². The predicted molar refractivity (Wildman–Crippen MR) is 45.1 cm³/mol. The van der Waals surface area contributed by atoms with E-state index in [-0.39, 0.29) is 0 Å². The second kappa shape index (κ2) is 3.91. The first-order chi connectivity index (χ1) is 6.49. The zero-order valence-electron chi connectivity index (χ0n) is 6.97. The highest BCUT2D eigenvalue weighted by molar-refractivity contribution is 7.98. The zero-order valence-corrected chi connectivity index (χ0v) is 7.79. The Bertz CT molecular complexity index is 393. The minimum Gasteiger partial charge on any atom is -0.478 e. The Morgan fingerprint density at radius 2 is 1.93 bits per heavy atom. The van der Waals surface area contributed by atoms with Crippen LogP contribution in [0.25, 0.3) is 0 Å². The molecule has 6 heteroatoms. The standard InChI is InChI=1S/C8H5F3O2S/c1-14-7-5(10)3(8(12)13)2-4(9)6(7)11/h2H,1H3,(H,12,13). The minimum atomic E-state index is -1.63. The van der Waals surface area contributed by atoms with Crippen LogP contribution in [-0.4, -0.2) is 17.3 Å². The number of aromatic carboxylic acids is 1. The molecule has 0 fully saturated rings. The van der Waals surface area contributed by atoms with Gasteiger partial charge in [0.15, 0.2) is 17.5 Å². The number of benzene rings is 1. The minimum absolute atomic E-state index is 0.326. The quantitative estimate of drug-likeness (QED) is 0.617. The molecule has 0 aliphatic rings. The molecule has 0 spiro atoms. The lowest BCUT2D eigenvalue weighted by molar-refractivity contribution is 0.0690. The molecule has 1 rings (SSSR count). The Morgan fingerprint density at radius 1 is 1.36 bits per heavy atom. The molecule has 0 aliphatic heterocycles. The summed E-state index contributed by atoms with van der Waals surface area (Å²) < 4.78 is 38.8. The van der Waals surface area contributed by atoms with Gasteiger partial charge in [-0.1, -0.05) is 0 Å². The molecular weight excluding hydrogens is 217 g/mol. The third-order valence-electron chi connectivity index (χ3n) is 1.55. The van der Waals surface area contributed by atoms with Crippen LogP contribution in [0.1, 0.15) is 10.4 Å². The van der Waals surface area contributed by atoms with Gasteiger partial charge in [-0.05, 0) is 12.3 Å². The van der Waals surface area contributed by atoms with Crippen LogP contribution in [0, 0.1) is 17.5 Å². The molecule has 0 aromatic heterocycles. The Balaban J connectivity index is 3.50. The van der Waals surface area contributed by atoms with Crippen molar-refractivity contribution in [1.82, 2.24) is 0 Å². The number of carbonyl (C=O) groups is 1. The maximum absolute atomic E-state index is 13.2. The van der Waals surface area contributed by atoms with E-state index in [1.165, 1.54) is 6.26 Å². The van der Waals surface area contributed by atoms with E-state index in [9.17, 15) is 18.0 Å². The summed E-state index contributed by atoms with van der Waals surface area (Å²) in [6.07, 6.45) is 1.33. The summed E-state index contributed by atoms with van der Waals surface area (Å²) in [4.78, 5) is 9.79. The number of halogens is 3. The molecule has 0 bridgehead atoms. The molecule has 0 unspecified atom stereocenters. The van der Waals surface area contributed by atoms with Gasteiger partial charge in [0.2, 0.25) is 0 Å². The number of hydrogen-bond donors (Lipinski definition) is 1. The van der Waals surface area contributed by atoms with E-state index in [1.54, 1.807) is 0 Å². The number of thioether (sulfide) groups is 1. The highest BCUT2D eigenvalue weighted by Gasteiger charge is 2.21. The van der Waals surface area contributed by atoms with Gasteiger partial charge in [0.05, 0.1) is 10.5 Å². The van der Waals surface area contributed by atoms with E-state index in [4.69, 9.17) is 5.11 Å². The van der Waals surface area contributed by atoms with Gasteiger partial charge in [-0.2, -0.15) is 0 Å². The number of carboxylic acids is 1. The Hall–Kier alpha value is -1.17. The molecule has 1 aromatic rings. The second-order valence-electron chi connectivity index (χ2n) is 2.37. The first kappa shape index (κ1) is 10.9. The van der Waals surface area contributed by atoms with E-state index in [1.807, 2.05) is 0 Å². The van der Waals surface area contributed by atoms with Gasteiger partial charge >= 0.3 is 5.97 Å². The van der Waals surface area contributed by atoms with Gasteiger partial charge in [-0.15, -0.1) is 11.8 Å². The fourth-order valence-corrected chi connectivity index (χ4v) is 1.48. The SMILES string of the molecule is CSc1c(F)c(F)cc(C(=O)O)c1F. The van der Waals surface area contributed by atoms with Crippen LogP contribution in [-0.2, 0) is 0 Å². The summed E-state index contributed by atoms with van der Waals surface area (Å²) >= 11 is 0.614. The first-order valence-electron chi connectivity index (χ1n) is 3.43. The molecule has 0 amide bonds. The predicted octanol–water partition coefficient (Wildman–Crippen LogP) is 2.52. The van der Waals surface area contributed by atoms with E-state index >= 15 is 0 Å². The van der Waals surface area contributed by atoms with E-state index < -0.39 is 33.9 Å². The van der Waals surface area contributed by atoms with Crippen LogP contribution < -0.4 is 0 Å². The van der Waals surface area contributed by atoms with E-state index in [0.717, 1.165) is 0 Å². The highest BCUT2D eigenvalue weighted by atomic mass is 32.2. The molecule has 0 saturated heterocycles. The van der Waals surface area contributed by atoms with Crippen LogP contribution in [0.4, 0.5) is 13.2 Å². The normalized spacial score (nSPS) is 10.3. The maximum atomic E-state index is 13.2. The molecular formula is C8H5F3O2S. The summed E-state index contributed by atoms with van der Waals surface area (Å²) in [5.41, 5.74) is -0.867. The third-order valence-corrected chi connectivity index (χ3v) is 2.32. The van der Waals surface area contributed by atoms with Crippen LogP contribution >= 0.6 is 11.8 Å². The number of carboxylic acid groups (broad SMARTS) is 1. The molecule has 1 aromatic carbocycles. The van der Waals surface area contributed by atoms with Crippen molar-refractivity contribution in [3.63, 3.8) is 0 Å². The van der Waals surface area contributed by atoms with Crippen LogP contribution in [0.3, 0.4) is 0 Å². The highest BCUT2D eigenvalue weighted by Crippen LogP contribution is 2.27. The molecule has 0 saturated carbocycles. The van der Waals surface area contributed by atoms with Crippen molar-refractivity contribution in [3.8, 4) is 0 Å². The largest absolute Gasteiger partial charge is 0.478 e. The summed E-state index contributed by atoms with van der Waals surface area (Å²) in [6, 6.07) is 0.326. The average molecular weight is 222 g/mol. The van der Waals surface area contributed by atoms with Crippen LogP contribution in [0.15, 0.2) is 11.0 Å². The lowest BCUT2D eigenvalue weighted by atomic mass is 10.2. The zero-order chi connectivity index (χ0) is 10.9. The number of rotatable bonds is 2. The third kappa shape index (κ3) is 1.70. The Morgan fingerprint density at radius 3 is 2.36 bits per heavy atom. The summed E-state index contributed by atoms with van der Waals surface area (Å²) in [5.74, 6) is -5.60. The average Bonchev–Trinajstić information content (AvgIpc) is 2.12. The molecule has 0 radical (unpaired) electrons. The summed E-state index contributed by atoms with van der Waals surface area (Å²) in [7, 11) is 0. The lowest BCUT2D eigenvalue weighted by Gasteiger charge is -2.05. The second-order valence-corrected chi connectivity index (χ2v) is 3.19. The molecule has 76 valence electrons. The molecule has 0 aliphatic carbocycles. The van der Waals surface area contributed by atoms with Crippen molar-refractivity contribution in [2.24, 2.45) is 0 Å². The van der Waals surface area contributed by atoms with Crippen molar-refractivity contribution < 1.29 is 23.1 Å². The lowest BCUT2D eigenvalue weighted by Crippen LogP contribution is -2.05. The summed E-state index contributed by atoms with van der Waals surface area (Å²) in [5, 5.41) is 8.46. The topological polar surface area (TPSA) is 37.3 Å². The molecule has 14 heavy (non-hydrogen) atoms. The fraction of sp³-hybridized carbons (Fsp3) is 0.125. The molecule has 2 nitrogen and oxygen atoms in total. The van der Waals surface area contributed by atoms with Crippen molar-refractivity contribution in [1.29, 1.82) is 0 Å². The van der Waals surface area contributed by atoms with Crippen molar-refractivity contribution in [3.05, 3.63) is 29.1 Å². The van der Waals surface area contributed by atoms with E-state index in [2.05, 4.69) is 0 Å². The maximum Gasteiger partial charge on any atom is 0.338 e. The van der Waals surface area contributed by atoms with Gasteiger partial charge in [-0.25, -0.2) is 18.0 Å².